The van der Waals surface area contributed by atoms with Gasteiger partial charge in [-0.2, -0.15) is 5.10 Å². The molecule has 4 rings (SSSR count). The first kappa shape index (κ1) is 26.3. The number of hydrogen-bond acceptors (Lipinski definition) is 4. The zero-order valence-corrected chi connectivity index (χ0v) is 22.1. The van der Waals surface area contributed by atoms with E-state index in [1.807, 2.05) is 44.2 Å². The first-order valence-electron chi connectivity index (χ1n) is 11.6. The summed E-state index contributed by atoms with van der Waals surface area (Å²) in [5, 5.41) is 8.39. The molecule has 1 N–H and O–H groups in total. The second kappa shape index (κ2) is 11.5. The van der Waals surface area contributed by atoms with Gasteiger partial charge in [-0.15, -0.1) is 0 Å². The third kappa shape index (κ3) is 6.13. The maximum Gasteiger partial charge on any atom is 0.254 e. The number of anilines is 1. The lowest BCUT2D eigenvalue weighted by molar-refractivity contribution is -0.117. The number of carbonyl (C=O) groups is 2. The molecule has 0 saturated carbocycles. The van der Waals surface area contributed by atoms with Crippen LogP contribution in [0.5, 0.6) is 5.75 Å². The zero-order valence-electron chi connectivity index (χ0n) is 20.6. The summed E-state index contributed by atoms with van der Waals surface area (Å²) in [6, 6.07) is 23.1. The van der Waals surface area contributed by atoms with Crippen molar-refractivity contribution in [1.29, 1.82) is 0 Å². The van der Waals surface area contributed by atoms with Crippen molar-refractivity contribution in [2.75, 3.05) is 19.0 Å². The van der Waals surface area contributed by atoms with Gasteiger partial charge in [0.15, 0.2) is 0 Å². The smallest absolute Gasteiger partial charge is 0.254 e. The number of hydrogen-bond donors (Lipinski definition) is 1. The molecular weight excluding hydrogens is 511 g/mol. The number of methoxy groups -OCH3 is 1. The number of amides is 2. The molecule has 1 heterocycles. The monoisotopic (exact) mass is 536 g/mol. The molecule has 0 aliphatic rings. The second-order valence-corrected chi connectivity index (χ2v) is 9.41. The van der Waals surface area contributed by atoms with Crippen molar-refractivity contribution in [3.05, 3.63) is 94.5 Å². The average molecular weight is 537 g/mol. The van der Waals surface area contributed by atoms with Crippen molar-refractivity contribution in [3.8, 4) is 22.7 Å². The first-order valence-corrected chi connectivity index (χ1v) is 12.4. The van der Waals surface area contributed by atoms with E-state index in [2.05, 4.69) is 5.32 Å². The Bertz CT molecular complexity index is 1420. The Kier molecular flexibility index (Phi) is 8.16. The van der Waals surface area contributed by atoms with E-state index in [1.165, 1.54) is 12.0 Å². The second-order valence-electron chi connectivity index (χ2n) is 8.60. The number of aromatic nitrogens is 2. The number of benzene rings is 3. The summed E-state index contributed by atoms with van der Waals surface area (Å²) in [7, 11) is 1.54. The Morgan fingerprint density at radius 2 is 1.73 bits per heavy atom. The summed E-state index contributed by atoms with van der Waals surface area (Å²) in [5.41, 5.74) is 2.61. The minimum absolute atomic E-state index is 0.152. The van der Waals surface area contributed by atoms with Crippen LogP contribution in [0.2, 0.25) is 10.0 Å². The molecular formula is C28H26Cl2N4O3. The van der Waals surface area contributed by atoms with Crippen LogP contribution in [0.25, 0.3) is 16.9 Å². The summed E-state index contributed by atoms with van der Waals surface area (Å²) in [5.74, 6) is 0.357. The van der Waals surface area contributed by atoms with Crippen molar-refractivity contribution >= 4 is 40.8 Å². The van der Waals surface area contributed by atoms with E-state index in [-0.39, 0.29) is 24.4 Å². The van der Waals surface area contributed by atoms with Gasteiger partial charge in [0.2, 0.25) is 5.91 Å². The summed E-state index contributed by atoms with van der Waals surface area (Å²) in [6.07, 6.45) is 0. The van der Waals surface area contributed by atoms with Gasteiger partial charge < -0.3 is 15.0 Å². The maximum atomic E-state index is 13.2. The fourth-order valence-electron chi connectivity index (χ4n) is 3.78. The highest BCUT2D eigenvalue weighted by molar-refractivity contribution is 6.42. The van der Waals surface area contributed by atoms with Crippen molar-refractivity contribution in [1.82, 2.24) is 14.7 Å². The Morgan fingerprint density at radius 1 is 0.973 bits per heavy atom. The van der Waals surface area contributed by atoms with Gasteiger partial charge in [0.25, 0.3) is 5.91 Å². The van der Waals surface area contributed by atoms with Crippen LogP contribution in [0.3, 0.4) is 0 Å². The Balaban J connectivity index is 1.63. The van der Waals surface area contributed by atoms with Gasteiger partial charge in [0.05, 0.1) is 28.5 Å². The van der Waals surface area contributed by atoms with E-state index in [1.54, 1.807) is 53.2 Å². The van der Waals surface area contributed by atoms with E-state index in [0.717, 1.165) is 5.56 Å². The Labute approximate surface area is 225 Å². The molecule has 0 fully saturated rings. The molecule has 0 spiro atoms. The molecule has 190 valence electrons. The Morgan fingerprint density at radius 3 is 2.41 bits per heavy atom. The standard InChI is InChI=1S/C28H26Cl2N4O3/c1-18(2)33(28(36)20-10-7-11-22(14-20)37-3)17-27(35)31-26-16-25(19-8-5-4-6-9-19)32-34(26)21-12-13-23(29)24(30)15-21/h4-16,18H,17H2,1-3H3,(H,31,35). The van der Waals surface area contributed by atoms with E-state index in [9.17, 15) is 9.59 Å². The molecule has 0 unspecified atom stereocenters. The van der Waals surface area contributed by atoms with E-state index < -0.39 is 0 Å². The van der Waals surface area contributed by atoms with Gasteiger partial charge in [-0.1, -0.05) is 59.6 Å². The van der Waals surface area contributed by atoms with Crippen molar-refractivity contribution in [2.45, 2.75) is 19.9 Å². The van der Waals surface area contributed by atoms with Crippen molar-refractivity contribution < 1.29 is 14.3 Å². The van der Waals surface area contributed by atoms with E-state index in [0.29, 0.717) is 38.6 Å². The maximum absolute atomic E-state index is 13.2. The van der Waals surface area contributed by atoms with Crippen LogP contribution in [0, 0.1) is 0 Å². The third-order valence-corrected chi connectivity index (χ3v) is 6.45. The molecule has 1 aromatic heterocycles. The molecule has 0 saturated heterocycles. The molecule has 0 radical (unpaired) electrons. The van der Waals surface area contributed by atoms with Crippen LogP contribution < -0.4 is 10.1 Å². The summed E-state index contributed by atoms with van der Waals surface area (Å²) in [6.45, 7) is 3.57. The van der Waals surface area contributed by atoms with Gasteiger partial charge in [-0.25, -0.2) is 4.68 Å². The first-order chi connectivity index (χ1) is 17.8. The molecule has 9 heteroatoms. The lowest BCUT2D eigenvalue weighted by Gasteiger charge is -2.26. The van der Waals surface area contributed by atoms with Crippen LogP contribution >= 0.6 is 23.2 Å². The van der Waals surface area contributed by atoms with Gasteiger partial charge in [-0.05, 0) is 50.2 Å². The quantitative estimate of drug-likeness (QED) is 0.285. The van der Waals surface area contributed by atoms with Crippen LogP contribution in [0.4, 0.5) is 5.82 Å². The summed E-state index contributed by atoms with van der Waals surface area (Å²) in [4.78, 5) is 28.0. The highest BCUT2D eigenvalue weighted by atomic mass is 35.5. The molecule has 7 nitrogen and oxygen atoms in total. The van der Waals surface area contributed by atoms with Crippen LogP contribution in [0.15, 0.2) is 78.9 Å². The highest BCUT2D eigenvalue weighted by Gasteiger charge is 2.23. The van der Waals surface area contributed by atoms with Gasteiger partial charge in [0.1, 0.15) is 18.1 Å². The number of ether oxygens (including phenoxy) is 1. The zero-order chi connectivity index (χ0) is 26.5. The van der Waals surface area contributed by atoms with E-state index >= 15 is 0 Å². The molecule has 0 aliphatic carbocycles. The molecule has 37 heavy (non-hydrogen) atoms. The van der Waals surface area contributed by atoms with Gasteiger partial charge in [0, 0.05) is 23.2 Å². The minimum Gasteiger partial charge on any atom is -0.497 e. The number of rotatable bonds is 8. The van der Waals surface area contributed by atoms with Crippen molar-refractivity contribution in [2.24, 2.45) is 0 Å². The lowest BCUT2D eigenvalue weighted by atomic mass is 10.1. The molecule has 2 amide bonds. The average Bonchev–Trinajstić information content (AvgIpc) is 3.32. The normalized spacial score (nSPS) is 10.9. The van der Waals surface area contributed by atoms with E-state index in [4.69, 9.17) is 33.0 Å². The Hall–Kier alpha value is -3.81. The number of nitrogens with zero attached hydrogens (tertiary/aromatic N) is 3. The van der Waals surface area contributed by atoms with Crippen LogP contribution in [0.1, 0.15) is 24.2 Å². The molecule has 0 bridgehead atoms. The largest absolute Gasteiger partial charge is 0.497 e. The number of nitrogens with one attached hydrogen (secondary N) is 1. The molecule has 0 aliphatic heterocycles. The predicted molar refractivity (Wildman–Crippen MR) is 147 cm³/mol. The molecule has 4 aromatic rings. The third-order valence-electron chi connectivity index (χ3n) is 5.71. The summed E-state index contributed by atoms with van der Waals surface area (Å²) >= 11 is 12.4. The topological polar surface area (TPSA) is 76.5 Å². The fourth-order valence-corrected chi connectivity index (χ4v) is 4.07. The fraction of sp³-hybridized carbons (Fsp3) is 0.179. The highest BCUT2D eigenvalue weighted by Crippen LogP contribution is 2.29. The van der Waals surface area contributed by atoms with Crippen molar-refractivity contribution in [3.63, 3.8) is 0 Å². The van der Waals surface area contributed by atoms with Gasteiger partial charge in [-0.3, -0.25) is 9.59 Å². The SMILES string of the molecule is COc1cccc(C(=O)N(CC(=O)Nc2cc(-c3ccccc3)nn2-c2ccc(Cl)c(Cl)c2)C(C)C)c1. The van der Waals surface area contributed by atoms with Crippen LogP contribution in [-0.4, -0.2) is 46.2 Å². The molecule has 0 atom stereocenters. The number of halogens is 2. The minimum atomic E-state index is -0.370. The van der Waals surface area contributed by atoms with Crippen LogP contribution in [-0.2, 0) is 4.79 Å². The molecule has 3 aromatic carbocycles. The predicted octanol–water partition coefficient (Wildman–Crippen LogP) is 6.34. The lowest BCUT2D eigenvalue weighted by Crippen LogP contribution is -2.42. The number of carbonyl (C=O) groups excluding carboxylic acids is 2. The summed E-state index contributed by atoms with van der Waals surface area (Å²) < 4.78 is 6.83. The van der Waals surface area contributed by atoms with Gasteiger partial charge >= 0.3 is 0 Å².